The molecule has 0 spiro atoms. The predicted octanol–water partition coefficient (Wildman–Crippen LogP) is 0.753. The standard InChI is InChI=1S/C12H23NO5/c1-17-9-4-7-13(8-10-18-2)11(14)5-3-6-12(15)16/h3-10H2,1-2H3,(H,15,16). The molecule has 18 heavy (non-hydrogen) atoms. The van der Waals surface area contributed by atoms with Crippen LogP contribution < -0.4 is 0 Å². The Kier molecular flexibility index (Phi) is 10.3. The normalized spacial score (nSPS) is 10.3. The Morgan fingerprint density at radius 2 is 1.67 bits per heavy atom. The van der Waals surface area contributed by atoms with Gasteiger partial charge >= 0.3 is 5.97 Å². The van der Waals surface area contributed by atoms with Gasteiger partial charge in [0.15, 0.2) is 0 Å². The van der Waals surface area contributed by atoms with Crippen LogP contribution in [0.25, 0.3) is 0 Å². The van der Waals surface area contributed by atoms with Crippen molar-refractivity contribution in [3.05, 3.63) is 0 Å². The van der Waals surface area contributed by atoms with Crippen molar-refractivity contribution in [1.82, 2.24) is 4.90 Å². The molecule has 0 bridgehead atoms. The average Bonchev–Trinajstić information content (AvgIpc) is 2.33. The Labute approximate surface area is 108 Å². The summed E-state index contributed by atoms with van der Waals surface area (Å²) in [6.45, 7) is 2.23. The van der Waals surface area contributed by atoms with E-state index in [0.29, 0.717) is 32.7 Å². The van der Waals surface area contributed by atoms with Crippen LogP contribution in [0.2, 0.25) is 0 Å². The van der Waals surface area contributed by atoms with Crippen LogP contribution in [0.3, 0.4) is 0 Å². The molecule has 1 N–H and O–H groups in total. The summed E-state index contributed by atoms with van der Waals surface area (Å²) in [6.07, 6.45) is 1.44. The Hall–Kier alpha value is -1.14. The fourth-order valence-corrected chi connectivity index (χ4v) is 1.51. The lowest BCUT2D eigenvalue weighted by Crippen LogP contribution is -2.35. The third kappa shape index (κ3) is 8.95. The predicted molar refractivity (Wildman–Crippen MR) is 66.4 cm³/mol. The van der Waals surface area contributed by atoms with Gasteiger partial charge in [0.05, 0.1) is 6.61 Å². The van der Waals surface area contributed by atoms with Crippen LogP contribution in [-0.4, -0.2) is 62.4 Å². The van der Waals surface area contributed by atoms with Gasteiger partial charge in [-0.2, -0.15) is 0 Å². The smallest absolute Gasteiger partial charge is 0.303 e. The molecule has 0 rings (SSSR count). The van der Waals surface area contributed by atoms with Crippen molar-refractivity contribution in [1.29, 1.82) is 0 Å². The molecule has 1 amide bonds. The largest absolute Gasteiger partial charge is 0.481 e. The average molecular weight is 261 g/mol. The number of carbonyl (C=O) groups is 2. The van der Waals surface area contributed by atoms with Crippen LogP contribution in [0.15, 0.2) is 0 Å². The van der Waals surface area contributed by atoms with Crippen LogP contribution in [0.5, 0.6) is 0 Å². The zero-order chi connectivity index (χ0) is 13.8. The number of methoxy groups -OCH3 is 2. The van der Waals surface area contributed by atoms with Gasteiger partial charge in [0, 0.05) is 46.8 Å². The summed E-state index contributed by atoms with van der Waals surface area (Å²) in [5, 5.41) is 8.52. The molecule has 0 atom stereocenters. The van der Waals surface area contributed by atoms with Gasteiger partial charge in [-0.15, -0.1) is 0 Å². The van der Waals surface area contributed by atoms with Crippen LogP contribution in [0, 0.1) is 0 Å². The van der Waals surface area contributed by atoms with E-state index in [1.807, 2.05) is 0 Å². The van der Waals surface area contributed by atoms with Gasteiger partial charge in [0.2, 0.25) is 5.91 Å². The lowest BCUT2D eigenvalue weighted by molar-refractivity contribution is -0.137. The summed E-state index contributed by atoms with van der Waals surface area (Å²) in [6, 6.07) is 0. The number of nitrogens with zero attached hydrogens (tertiary/aromatic N) is 1. The number of carboxylic acid groups (broad SMARTS) is 1. The van der Waals surface area contributed by atoms with Crippen molar-refractivity contribution in [2.45, 2.75) is 25.7 Å². The molecule has 0 radical (unpaired) electrons. The monoisotopic (exact) mass is 261 g/mol. The fraction of sp³-hybridized carbons (Fsp3) is 0.833. The van der Waals surface area contributed by atoms with Crippen LogP contribution in [0.1, 0.15) is 25.7 Å². The molecule has 0 aromatic rings. The molecule has 106 valence electrons. The minimum atomic E-state index is -0.870. The zero-order valence-corrected chi connectivity index (χ0v) is 11.2. The Morgan fingerprint density at radius 1 is 1.00 bits per heavy atom. The molecule has 0 saturated carbocycles. The SMILES string of the molecule is COCCCN(CCOC)C(=O)CCCC(=O)O. The highest BCUT2D eigenvalue weighted by Crippen LogP contribution is 2.02. The van der Waals surface area contributed by atoms with E-state index in [-0.39, 0.29) is 18.7 Å². The Balaban J connectivity index is 4.00. The highest BCUT2D eigenvalue weighted by molar-refractivity contribution is 5.77. The maximum Gasteiger partial charge on any atom is 0.303 e. The van der Waals surface area contributed by atoms with E-state index in [0.717, 1.165) is 6.42 Å². The molecule has 0 aromatic heterocycles. The summed E-state index contributed by atoms with van der Waals surface area (Å²) >= 11 is 0. The third-order valence-corrected chi connectivity index (χ3v) is 2.48. The second kappa shape index (κ2) is 11.0. The van der Waals surface area contributed by atoms with Gasteiger partial charge in [-0.25, -0.2) is 0 Å². The van der Waals surface area contributed by atoms with Crippen LogP contribution >= 0.6 is 0 Å². The molecule has 0 aromatic carbocycles. The maximum absolute atomic E-state index is 11.9. The summed E-state index contributed by atoms with van der Waals surface area (Å²) in [5.74, 6) is -0.893. The Morgan fingerprint density at radius 3 is 2.22 bits per heavy atom. The first-order valence-electron chi connectivity index (χ1n) is 6.09. The minimum Gasteiger partial charge on any atom is -0.481 e. The number of hydrogen-bond donors (Lipinski definition) is 1. The van der Waals surface area contributed by atoms with Crippen molar-refractivity contribution >= 4 is 11.9 Å². The van der Waals surface area contributed by atoms with E-state index in [2.05, 4.69) is 0 Å². The maximum atomic E-state index is 11.9. The lowest BCUT2D eigenvalue weighted by atomic mass is 10.2. The summed E-state index contributed by atoms with van der Waals surface area (Å²) in [4.78, 5) is 23.9. The molecular formula is C12H23NO5. The number of hydrogen-bond acceptors (Lipinski definition) is 4. The molecular weight excluding hydrogens is 238 g/mol. The van der Waals surface area contributed by atoms with Crippen molar-refractivity contribution in [3.63, 3.8) is 0 Å². The second-order valence-corrected chi connectivity index (χ2v) is 3.97. The van der Waals surface area contributed by atoms with E-state index >= 15 is 0 Å². The molecule has 0 heterocycles. The van der Waals surface area contributed by atoms with Crippen molar-refractivity contribution < 1.29 is 24.2 Å². The molecule has 0 unspecified atom stereocenters. The highest BCUT2D eigenvalue weighted by atomic mass is 16.5. The molecule has 0 aliphatic heterocycles. The van der Waals surface area contributed by atoms with E-state index in [1.165, 1.54) is 0 Å². The van der Waals surface area contributed by atoms with Crippen molar-refractivity contribution in [2.24, 2.45) is 0 Å². The van der Waals surface area contributed by atoms with Crippen LogP contribution in [0.4, 0.5) is 0 Å². The first kappa shape index (κ1) is 16.9. The fourth-order valence-electron chi connectivity index (χ4n) is 1.51. The Bertz CT molecular complexity index is 245. The number of rotatable bonds is 11. The first-order chi connectivity index (χ1) is 8.61. The molecule has 0 aliphatic rings. The quantitative estimate of drug-likeness (QED) is 0.555. The number of carboxylic acids is 1. The third-order valence-electron chi connectivity index (χ3n) is 2.48. The van der Waals surface area contributed by atoms with Crippen molar-refractivity contribution in [2.75, 3.05) is 40.5 Å². The number of ether oxygens (including phenoxy) is 2. The van der Waals surface area contributed by atoms with Gasteiger partial charge < -0.3 is 19.5 Å². The van der Waals surface area contributed by atoms with E-state index in [9.17, 15) is 9.59 Å². The molecule has 6 nitrogen and oxygen atoms in total. The number of carbonyl (C=O) groups excluding carboxylic acids is 1. The molecule has 0 saturated heterocycles. The van der Waals surface area contributed by atoms with Gasteiger partial charge in [-0.05, 0) is 12.8 Å². The number of aliphatic carboxylic acids is 1. The molecule has 6 heteroatoms. The van der Waals surface area contributed by atoms with E-state index in [4.69, 9.17) is 14.6 Å². The summed E-state index contributed by atoms with van der Waals surface area (Å²) in [7, 11) is 3.20. The summed E-state index contributed by atoms with van der Waals surface area (Å²) in [5.41, 5.74) is 0. The zero-order valence-electron chi connectivity index (χ0n) is 11.2. The molecule has 0 aliphatic carbocycles. The topological polar surface area (TPSA) is 76.1 Å². The van der Waals surface area contributed by atoms with Gasteiger partial charge in [-0.3, -0.25) is 9.59 Å². The number of amides is 1. The van der Waals surface area contributed by atoms with Gasteiger partial charge in [0.1, 0.15) is 0 Å². The first-order valence-corrected chi connectivity index (χ1v) is 6.09. The summed E-state index contributed by atoms with van der Waals surface area (Å²) < 4.78 is 9.89. The molecule has 0 fully saturated rings. The minimum absolute atomic E-state index is 0.0237. The van der Waals surface area contributed by atoms with Gasteiger partial charge in [-0.1, -0.05) is 0 Å². The highest BCUT2D eigenvalue weighted by Gasteiger charge is 2.13. The van der Waals surface area contributed by atoms with Crippen molar-refractivity contribution in [3.8, 4) is 0 Å². The van der Waals surface area contributed by atoms with Crippen LogP contribution in [-0.2, 0) is 19.1 Å². The lowest BCUT2D eigenvalue weighted by Gasteiger charge is -2.22. The van der Waals surface area contributed by atoms with E-state index in [1.54, 1.807) is 19.1 Å². The van der Waals surface area contributed by atoms with Gasteiger partial charge in [0.25, 0.3) is 0 Å². The van der Waals surface area contributed by atoms with E-state index < -0.39 is 5.97 Å². The second-order valence-electron chi connectivity index (χ2n) is 3.97.